The number of fused-ring (bicyclic) bond motifs is 2. The largest absolute Gasteiger partial charge is 0.497 e. The fourth-order valence-electron chi connectivity index (χ4n) is 4.02. The molecule has 0 aliphatic heterocycles. The summed E-state index contributed by atoms with van der Waals surface area (Å²) in [5, 5.41) is 13.6. The molecule has 2 aromatic heterocycles. The van der Waals surface area contributed by atoms with Crippen LogP contribution in [-0.4, -0.2) is 28.3 Å². The van der Waals surface area contributed by atoms with Crippen molar-refractivity contribution in [1.29, 1.82) is 0 Å². The van der Waals surface area contributed by atoms with Crippen LogP contribution < -0.4 is 10.1 Å². The third-order valence-electron chi connectivity index (χ3n) is 5.38. The van der Waals surface area contributed by atoms with Gasteiger partial charge >= 0.3 is 0 Å². The summed E-state index contributed by atoms with van der Waals surface area (Å²) in [6.45, 7) is 4.15. The Balaban J connectivity index is 1.92. The third kappa shape index (κ3) is 2.92. The lowest BCUT2D eigenvalue weighted by Crippen LogP contribution is -2.19. The molecule has 0 radical (unpaired) electrons. The van der Waals surface area contributed by atoms with Crippen molar-refractivity contribution in [2.75, 3.05) is 12.4 Å². The van der Waals surface area contributed by atoms with Crippen molar-refractivity contribution in [3.8, 4) is 5.75 Å². The summed E-state index contributed by atoms with van der Waals surface area (Å²) in [5.74, 6) is 0.871. The number of hydrogen-bond donors (Lipinski definition) is 2. The summed E-state index contributed by atoms with van der Waals surface area (Å²) < 4.78 is 5.51. The van der Waals surface area contributed by atoms with Crippen molar-refractivity contribution in [2.45, 2.75) is 58.4 Å². The smallest absolute Gasteiger partial charge is 0.183 e. The first-order valence-corrected chi connectivity index (χ1v) is 9.27. The molecule has 0 saturated heterocycles. The number of hydrogen-bond acceptors (Lipinski definition) is 4. The van der Waals surface area contributed by atoms with E-state index < -0.39 is 0 Å². The Morgan fingerprint density at radius 3 is 2.60 bits per heavy atom. The summed E-state index contributed by atoms with van der Waals surface area (Å²) in [5.41, 5.74) is 5.10. The second-order valence-electron chi connectivity index (χ2n) is 7.21. The van der Waals surface area contributed by atoms with Crippen LogP contribution in [0.3, 0.4) is 0 Å². The molecule has 3 aromatic rings. The number of methoxy groups -OCH3 is 1. The molecular weight excluding hydrogens is 312 g/mol. The fraction of sp³-hybridized carbons (Fsp3) is 0.500. The highest BCUT2D eigenvalue weighted by Gasteiger charge is 2.19. The SMILES string of the molecule is COc1cc(C)c2nc3n[nH]c(C)c3c(NC3CCCCCC3)c2c1. The summed E-state index contributed by atoms with van der Waals surface area (Å²) in [7, 11) is 1.72. The maximum absolute atomic E-state index is 5.51. The molecule has 2 N–H and O–H groups in total. The molecule has 0 amide bonds. The van der Waals surface area contributed by atoms with Gasteiger partial charge in [-0.3, -0.25) is 5.10 Å². The number of anilines is 1. The zero-order valence-electron chi connectivity index (χ0n) is 15.3. The number of ether oxygens (including phenoxy) is 1. The zero-order valence-corrected chi connectivity index (χ0v) is 15.3. The van der Waals surface area contributed by atoms with Gasteiger partial charge in [0.1, 0.15) is 5.75 Å². The van der Waals surface area contributed by atoms with Crippen LogP contribution in [0.2, 0.25) is 0 Å². The first-order chi connectivity index (χ1) is 12.2. The number of aryl methyl sites for hydroxylation is 2. The normalized spacial score (nSPS) is 16.3. The minimum absolute atomic E-state index is 0.511. The molecule has 25 heavy (non-hydrogen) atoms. The van der Waals surface area contributed by atoms with Crippen LogP contribution in [0, 0.1) is 13.8 Å². The standard InChI is InChI=1S/C20H26N4O/c1-12-10-15(25-3)11-16-18(12)22-20-17(13(2)23-24-20)19(16)21-14-8-6-4-5-7-9-14/h10-11,14H,4-9H2,1-3H3,(H2,21,22,23,24). The minimum atomic E-state index is 0.511. The molecule has 4 rings (SSSR count). The highest BCUT2D eigenvalue weighted by molar-refractivity contribution is 6.08. The number of aromatic nitrogens is 3. The first-order valence-electron chi connectivity index (χ1n) is 9.27. The summed E-state index contributed by atoms with van der Waals surface area (Å²) in [6, 6.07) is 4.65. The van der Waals surface area contributed by atoms with E-state index in [1.54, 1.807) is 7.11 Å². The summed E-state index contributed by atoms with van der Waals surface area (Å²) in [6.07, 6.45) is 7.76. The number of nitrogens with zero attached hydrogens (tertiary/aromatic N) is 2. The number of benzene rings is 1. The van der Waals surface area contributed by atoms with Gasteiger partial charge < -0.3 is 10.1 Å². The molecule has 132 valence electrons. The lowest BCUT2D eigenvalue weighted by molar-refractivity contribution is 0.415. The maximum atomic E-state index is 5.51. The molecule has 5 heteroatoms. The molecule has 1 fully saturated rings. The Kier molecular flexibility index (Phi) is 4.24. The second kappa shape index (κ2) is 6.54. The predicted octanol–water partition coefficient (Wildman–Crippen LogP) is 4.87. The highest BCUT2D eigenvalue weighted by Crippen LogP contribution is 2.37. The van der Waals surface area contributed by atoms with Crippen LogP contribution in [-0.2, 0) is 0 Å². The molecule has 5 nitrogen and oxygen atoms in total. The van der Waals surface area contributed by atoms with Gasteiger partial charge in [-0.15, -0.1) is 0 Å². The maximum Gasteiger partial charge on any atom is 0.183 e. The highest BCUT2D eigenvalue weighted by atomic mass is 16.5. The first kappa shape index (κ1) is 16.2. The molecule has 1 aliphatic rings. The number of nitrogens with one attached hydrogen (secondary N) is 2. The van der Waals surface area contributed by atoms with E-state index in [-0.39, 0.29) is 0 Å². The Hall–Kier alpha value is -2.30. The molecular formula is C20H26N4O. The minimum Gasteiger partial charge on any atom is -0.497 e. The Labute approximate surface area is 148 Å². The molecule has 0 unspecified atom stereocenters. The van der Waals surface area contributed by atoms with E-state index in [9.17, 15) is 0 Å². The number of rotatable bonds is 3. The molecule has 0 atom stereocenters. The quantitative estimate of drug-likeness (QED) is 0.669. The molecule has 0 bridgehead atoms. The zero-order chi connectivity index (χ0) is 17.4. The van der Waals surface area contributed by atoms with Crippen LogP contribution in [0.15, 0.2) is 12.1 Å². The van der Waals surface area contributed by atoms with Crippen molar-refractivity contribution >= 4 is 27.6 Å². The molecule has 1 aliphatic carbocycles. The molecule has 0 spiro atoms. The van der Waals surface area contributed by atoms with E-state index in [2.05, 4.69) is 35.4 Å². The van der Waals surface area contributed by atoms with Crippen molar-refractivity contribution < 1.29 is 4.74 Å². The third-order valence-corrected chi connectivity index (χ3v) is 5.38. The van der Waals surface area contributed by atoms with Crippen molar-refractivity contribution in [3.63, 3.8) is 0 Å². The van der Waals surface area contributed by atoms with Gasteiger partial charge in [0.25, 0.3) is 0 Å². The van der Waals surface area contributed by atoms with E-state index in [0.717, 1.165) is 44.6 Å². The number of aromatic amines is 1. The second-order valence-corrected chi connectivity index (χ2v) is 7.21. The summed E-state index contributed by atoms with van der Waals surface area (Å²) in [4.78, 5) is 4.81. The van der Waals surface area contributed by atoms with E-state index in [1.165, 1.54) is 38.5 Å². The van der Waals surface area contributed by atoms with Gasteiger partial charge in [-0.05, 0) is 44.4 Å². The van der Waals surface area contributed by atoms with Gasteiger partial charge in [0.2, 0.25) is 0 Å². The Morgan fingerprint density at radius 1 is 1.12 bits per heavy atom. The van der Waals surface area contributed by atoms with Gasteiger partial charge in [-0.1, -0.05) is 25.7 Å². The van der Waals surface area contributed by atoms with Crippen LogP contribution in [0.4, 0.5) is 5.69 Å². The summed E-state index contributed by atoms with van der Waals surface area (Å²) >= 11 is 0. The average Bonchev–Trinajstić information content (AvgIpc) is 2.82. The Bertz CT molecular complexity index is 907. The van der Waals surface area contributed by atoms with E-state index in [0.29, 0.717) is 6.04 Å². The lowest BCUT2D eigenvalue weighted by atomic mass is 10.0. The van der Waals surface area contributed by atoms with Gasteiger partial charge in [-0.2, -0.15) is 5.10 Å². The molecule has 2 heterocycles. The lowest BCUT2D eigenvalue weighted by Gasteiger charge is -2.20. The van der Waals surface area contributed by atoms with Crippen molar-refractivity contribution in [2.24, 2.45) is 0 Å². The number of pyridine rings is 1. The van der Waals surface area contributed by atoms with Crippen molar-refractivity contribution in [3.05, 3.63) is 23.4 Å². The van der Waals surface area contributed by atoms with Gasteiger partial charge in [-0.25, -0.2) is 4.98 Å². The van der Waals surface area contributed by atoms with E-state index >= 15 is 0 Å². The van der Waals surface area contributed by atoms with Crippen LogP contribution in [0.25, 0.3) is 21.9 Å². The fourth-order valence-corrected chi connectivity index (χ4v) is 4.02. The van der Waals surface area contributed by atoms with Crippen molar-refractivity contribution in [1.82, 2.24) is 15.2 Å². The molecule has 1 aromatic carbocycles. The van der Waals surface area contributed by atoms with E-state index in [1.807, 2.05) is 6.07 Å². The van der Waals surface area contributed by atoms with Gasteiger partial charge in [0, 0.05) is 17.1 Å². The van der Waals surface area contributed by atoms with Crippen LogP contribution in [0.1, 0.15) is 49.8 Å². The monoisotopic (exact) mass is 338 g/mol. The van der Waals surface area contributed by atoms with Crippen LogP contribution >= 0.6 is 0 Å². The van der Waals surface area contributed by atoms with E-state index in [4.69, 9.17) is 9.72 Å². The predicted molar refractivity (Wildman–Crippen MR) is 103 cm³/mol. The van der Waals surface area contributed by atoms with Crippen LogP contribution in [0.5, 0.6) is 5.75 Å². The van der Waals surface area contributed by atoms with Gasteiger partial charge in [0.15, 0.2) is 5.65 Å². The Morgan fingerprint density at radius 2 is 1.88 bits per heavy atom. The van der Waals surface area contributed by atoms with Gasteiger partial charge in [0.05, 0.1) is 23.7 Å². The average molecular weight is 338 g/mol. The molecule has 1 saturated carbocycles. The topological polar surface area (TPSA) is 62.8 Å². The number of H-pyrrole nitrogens is 1.